The van der Waals surface area contributed by atoms with Crippen molar-refractivity contribution in [2.75, 3.05) is 26.9 Å². The Morgan fingerprint density at radius 3 is 2.68 bits per heavy atom. The molecule has 2 amide bonds. The Bertz CT molecular complexity index is 569. The number of benzene rings is 1. The lowest BCUT2D eigenvalue weighted by Crippen LogP contribution is -2.56. The Morgan fingerprint density at radius 2 is 2.12 bits per heavy atom. The van der Waals surface area contributed by atoms with Crippen LogP contribution in [0.25, 0.3) is 0 Å². The molecular weight excluding hydrogens is 346 g/mol. The molecule has 1 rings (SSSR count). The van der Waals surface area contributed by atoms with Crippen molar-refractivity contribution in [1.82, 2.24) is 5.01 Å². The number of carbonyl (C=O) groups excluding carboxylic acids is 1. The van der Waals surface area contributed by atoms with Gasteiger partial charge in [-0.15, -0.1) is 0 Å². The minimum Gasteiger partial charge on any atom is -0.492 e. The van der Waals surface area contributed by atoms with Gasteiger partial charge in [-0.1, -0.05) is 31.5 Å². The molecule has 1 aromatic rings. The molecule has 1 atom stereocenters. The minimum atomic E-state index is -0.706. The smallest absolute Gasteiger partial charge is 0.329 e. The van der Waals surface area contributed by atoms with E-state index < -0.39 is 11.4 Å². The fraction of sp³-hybridized carbons (Fsp3) is 0.588. The van der Waals surface area contributed by atoms with E-state index in [1.807, 2.05) is 26.0 Å². The molecule has 5 N–H and O–H groups in total. The third-order valence-corrected chi connectivity index (χ3v) is 4.31. The Hall–Kier alpha value is -1.54. The summed E-state index contributed by atoms with van der Waals surface area (Å²) in [5, 5.41) is 10.4. The number of primary amides is 1. The van der Waals surface area contributed by atoms with Crippen LogP contribution in [0.5, 0.6) is 5.75 Å². The number of hydrazine groups is 1. The molecule has 0 aliphatic heterocycles. The molecular formula is C17H28ClN3O4. The van der Waals surface area contributed by atoms with Gasteiger partial charge in [-0.25, -0.2) is 10.6 Å². The van der Waals surface area contributed by atoms with E-state index >= 15 is 0 Å². The summed E-state index contributed by atoms with van der Waals surface area (Å²) < 4.78 is 10.8. The predicted molar refractivity (Wildman–Crippen MR) is 97.4 cm³/mol. The number of amides is 2. The Morgan fingerprint density at radius 1 is 1.44 bits per heavy atom. The monoisotopic (exact) mass is 373 g/mol. The van der Waals surface area contributed by atoms with Crippen molar-refractivity contribution in [2.45, 2.75) is 32.7 Å². The zero-order valence-corrected chi connectivity index (χ0v) is 15.8. The molecule has 0 saturated heterocycles. The number of ether oxygens (including phenoxy) is 2. The van der Waals surface area contributed by atoms with Crippen molar-refractivity contribution >= 4 is 17.6 Å². The molecule has 0 aromatic heterocycles. The first kappa shape index (κ1) is 21.5. The first-order chi connectivity index (χ1) is 11.7. The highest BCUT2D eigenvalue weighted by molar-refractivity contribution is 6.32. The first-order valence-corrected chi connectivity index (χ1v) is 8.45. The second-order valence-electron chi connectivity index (χ2n) is 6.58. The number of methoxy groups -OCH3 is 1. The molecule has 142 valence electrons. The number of aliphatic hydroxyl groups is 1. The van der Waals surface area contributed by atoms with Crippen LogP contribution in [0.3, 0.4) is 0 Å². The largest absolute Gasteiger partial charge is 0.492 e. The lowest BCUT2D eigenvalue weighted by Gasteiger charge is -2.38. The summed E-state index contributed by atoms with van der Waals surface area (Å²) in [4.78, 5) is 11.6. The minimum absolute atomic E-state index is 0.0470. The number of halogens is 1. The topological polar surface area (TPSA) is 111 Å². The molecule has 1 aromatic carbocycles. The summed E-state index contributed by atoms with van der Waals surface area (Å²) in [6, 6.07) is 4.31. The molecule has 0 heterocycles. The summed E-state index contributed by atoms with van der Waals surface area (Å²) >= 11 is 6.15. The van der Waals surface area contributed by atoms with Crippen LogP contribution in [0, 0.1) is 5.41 Å². The molecule has 0 bridgehead atoms. The van der Waals surface area contributed by atoms with E-state index in [0.717, 1.165) is 10.6 Å². The molecule has 8 heteroatoms. The molecule has 1 unspecified atom stereocenters. The molecule has 0 aliphatic carbocycles. The van der Waals surface area contributed by atoms with Gasteiger partial charge in [-0.3, -0.25) is 5.01 Å². The van der Waals surface area contributed by atoms with Gasteiger partial charge in [-0.2, -0.15) is 0 Å². The molecule has 7 nitrogen and oxygen atoms in total. The predicted octanol–water partition coefficient (Wildman–Crippen LogP) is 1.94. The third kappa shape index (κ3) is 6.36. The van der Waals surface area contributed by atoms with Crippen molar-refractivity contribution in [1.29, 1.82) is 0 Å². The number of nitrogens with two attached hydrogens (primary N) is 2. The van der Waals surface area contributed by atoms with Crippen LogP contribution in [0.4, 0.5) is 4.79 Å². The lowest BCUT2D eigenvalue weighted by molar-refractivity contribution is 0.0349. The standard InChI is InChI=1S/C17H28ClN3O4/c1-17(2,11-24-3)15(21(20)16(19)23)10-12-5-6-13(18)14(9-12)25-8-4-7-22/h5-6,9,15,22H,4,7-8,10-11,20H2,1-3H3,(H2,19,23). The molecule has 0 saturated carbocycles. The van der Waals surface area contributed by atoms with Crippen LogP contribution in [-0.4, -0.2) is 49.1 Å². The first-order valence-electron chi connectivity index (χ1n) is 8.07. The third-order valence-electron chi connectivity index (χ3n) is 3.99. The number of carbonyl (C=O) groups is 1. The van der Waals surface area contributed by atoms with Crippen LogP contribution in [-0.2, 0) is 11.2 Å². The van der Waals surface area contributed by atoms with E-state index in [9.17, 15) is 4.79 Å². The SMILES string of the molecule is COCC(C)(C)C(Cc1ccc(Cl)c(OCCCO)c1)N(N)C(N)=O. The fourth-order valence-corrected chi connectivity index (χ4v) is 2.80. The summed E-state index contributed by atoms with van der Waals surface area (Å²) in [5.74, 6) is 6.44. The normalized spacial score (nSPS) is 12.7. The summed E-state index contributed by atoms with van der Waals surface area (Å²) in [5.41, 5.74) is 5.85. The summed E-state index contributed by atoms with van der Waals surface area (Å²) in [7, 11) is 1.60. The number of hydrogen-bond acceptors (Lipinski definition) is 5. The van der Waals surface area contributed by atoms with E-state index in [-0.39, 0.29) is 12.6 Å². The Labute approximate surface area is 153 Å². The zero-order chi connectivity index (χ0) is 19.0. The van der Waals surface area contributed by atoms with Crippen molar-refractivity contribution < 1.29 is 19.4 Å². The summed E-state index contributed by atoms with van der Waals surface area (Å²) in [6.45, 7) is 4.73. The zero-order valence-electron chi connectivity index (χ0n) is 15.0. The van der Waals surface area contributed by atoms with Gasteiger partial charge >= 0.3 is 6.03 Å². The number of nitrogens with zero attached hydrogens (tertiary/aromatic N) is 1. The van der Waals surface area contributed by atoms with Gasteiger partial charge in [0, 0.05) is 25.6 Å². The van der Waals surface area contributed by atoms with Gasteiger partial charge in [0.15, 0.2) is 0 Å². The van der Waals surface area contributed by atoms with E-state index in [2.05, 4.69) is 0 Å². The van der Waals surface area contributed by atoms with Crippen LogP contribution >= 0.6 is 11.6 Å². The van der Waals surface area contributed by atoms with E-state index in [0.29, 0.717) is 36.8 Å². The van der Waals surface area contributed by atoms with Gasteiger partial charge < -0.3 is 20.3 Å². The number of urea groups is 1. The summed E-state index contributed by atoms with van der Waals surface area (Å²) in [6.07, 6.45) is 0.978. The van der Waals surface area contributed by atoms with E-state index in [4.69, 9.17) is 37.8 Å². The quantitative estimate of drug-likeness (QED) is 0.251. The Kier molecular flexibility index (Phi) is 8.44. The maximum absolute atomic E-state index is 11.6. The maximum atomic E-state index is 11.6. The average Bonchev–Trinajstić information content (AvgIpc) is 2.54. The van der Waals surface area contributed by atoms with Gasteiger partial charge in [0.25, 0.3) is 0 Å². The highest BCUT2D eigenvalue weighted by atomic mass is 35.5. The highest BCUT2D eigenvalue weighted by Crippen LogP contribution is 2.31. The van der Waals surface area contributed by atoms with Crippen molar-refractivity contribution in [3.05, 3.63) is 28.8 Å². The second kappa shape index (κ2) is 9.82. The van der Waals surface area contributed by atoms with Crippen LogP contribution in [0.2, 0.25) is 5.02 Å². The van der Waals surface area contributed by atoms with Gasteiger partial charge in [0.1, 0.15) is 5.75 Å². The van der Waals surface area contributed by atoms with Crippen LogP contribution < -0.4 is 16.3 Å². The Balaban J connectivity index is 3.03. The number of hydrogen-bond donors (Lipinski definition) is 3. The fourth-order valence-electron chi connectivity index (χ4n) is 2.63. The van der Waals surface area contributed by atoms with Crippen molar-refractivity contribution in [2.24, 2.45) is 17.0 Å². The lowest BCUT2D eigenvalue weighted by atomic mass is 9.81. The van der Waals surface area contributed by atoms with E-state index in [1.165, 1.54) is 0 Å². The van der Waals surface area contributed by atoms with Gasteiger partial charge in [0.05, 0.1) is 24.3 Å². The molecule has 0 aliphatic rings. The average molecular weight is 374 g/mol. The van der Waals surface area contributed by atoms with Crippen LogP contribution in [0.15, 0.2) is 18.2 Å². The molecule has 0 fully saturated rings. The molecule has 25 heavy (non-hydrogen) atoms. The highest BCUT2D eigenvalue weighted by Gasteiger charge is 2.35. The van der Waals surface area contributed by atoms with Gasteiger partial charge in [-0.05, 0) is 24.1 Å². The van der Waals surface area contributed by atoms with Crippen molar-refractivity contribution in [3.8, 4) is 5.75 Å². The second-order valence-corrected chi connectivity index (χ2v) is 6.98. The molecule has 0 spiro atoms. The molecule has 0 radical (unpaired) electrons. The number of aliphatic hydroxyl groups excluding tert-OH is 1. The van der Waals surface area contributed by atoms with Crippen molar-refractivity contribution in [3.63, 3.8) is 0 Å². The maximum Gasteiger partial charge on any atom is 0.329 e. The van der Waals surface area contributed by atoms with Gasteiger partial charge in [0.2, 0.25) is 0 Å². The van der Waals surface area contributed by atoms with Crippen LogP contribution in [0.1, 0.15) is 25.8 Å². The van der Waals surface area contributed by atoms with E-state index in [1.54, 1.807) is 13.2 Å². The number of rotatable bonds is 10.